The van der Waals surface area contributed by atoms with Crippen LogP contribution in [0.1, 0.15) is 15.9 Å². The summed E-state index contributed by atoms with van der Waals surface area (Å²) >= 11 is 0. The van der Waals surface area contributed by atoms with Crippen molar-refractivity contribution in [3.63, 3.8) is 0 Å². The quantitative estimate of drug-likeness (QED) is 0.568. The molecule has 2 rings (SSSR count). The maximum atomic E-state index is 11.9. The highest BCUT2D eigenvalue weighted by Crippen LogP contribution is 2.14. The van der Waals surface area contributed by atoms with Crippen LogP contribution in [0.4, 0.5) is 0 Å². The van der Waals surface area contributed by atoms with Crippen LogP contribution in [-0.4, -0.2) is 24.4 Å². The lowest BCUT2D eigenvalue weighted by molar-refractivity contribution is 0.0808. The molecule has 1 aliphatic heterocycles. The molecule has 1 amide bonds. The van der Waals surface area contributed by atoms with Crippen LogP contribution in [-0.2, 0) is 6.42 Å². The Kier molecular flexibility index (Phi) is 2.35. The van der Waals surface area contributed by atoms with E-state index in [4.69, 9.17) is 0 Å². The summed E-state index contributed by atoms with van der Waals surface area (Å²) in [5, 5.41) is 0. The van der Waals surface area contributed by atoms with Gasteiger partial charge in [0.25, 0.3) is 5.91 Å². The van der Waals surface area contributed by atoms with E-state index in [9.17, 15) is 4.79 Å². The van der Waals surface area contributed by atoms with Gasteiger partial charge in [-0.25, -0.2) is 0 Å². The number of likely N-dealkylation sites (N-methyl/N-ethyl adjacent to an activating group) is 1. The molecule has 1 aromatic carbocycles. The first kappa shape index (κ1) is 9.00. The summed E-state index contributed by atoms with van der Waals surface area (Å²) in [5.41, 5.74) is 1.94. The van der Waals surface area contributed by atoms with Crippen molar-refractivity contribution in [2.45, 2.75) is 6.42 Å². The molecule has 2 nitrogen and oxygen atoms in total. The van der Waals surface area contributed by atoms with Gasteiger partial charge in [-0.15, -0.1) is 0 Å². The van der Waals surface area contributed by atoms with E-state index < -0.39 is 0 Å². The number of hydrogen-bond donors (Lipinski definition) is 0. The van der Waals surface area contributed by atoms with E-state index in [1.807, 2.05) is 37.4 Å². The van der Waals surface area contributed by atoms with Crippen LogP contribution >= 0.6 is 0 Å². The predicted molar refractivity (Wildman–Crippen MR) is 56.2 cm³/mol. The summed E-state index contributed by atoms with van der Waals surface area (Å²) in [6.45, 7) is 0.702. The minimum atomic E-state index is 0.116. The fraction of sp³-hybridized carbons (Fsp3) is 0.250. The molecule has 0 bridgehead atoms. The van der Waals surface area contributed by atoms with Crippen LogP contribution in [0.3, 0.4) is 0 Å². The lowest BCUT2D eigenvalue weighted by Gasteiger charge is -2.18. The molecule has 0 aliphatic carbocycles. The highest BCUT2D eigenvalue weighted by molar-refractivity contribution is 5.95. The second kappa shape index (κ2) is 3.66. The van der Waals surface area contributed by atoms with Gasteiger partial charge in [-0.3, -0.25) is 4.79 Å². The number of fused-ring (bicyclic) bond motifs is 1. The van der Waals surface area contributed by atoms with E-state index in [1.165, 1.54) is 0 Å². The number of allylic oxidation sites excluding steroid dienone is 1. The lowest BCUT2D eigenvalue weighted by atomic mass is 10.0. The van der Waals surface area contributed by atoms with E-state index in [1.54, 1.807) is 4.90 Å². The van der Waals surface area contributed by atoms with E-state index in [2.05, 4.69) is 6.08 Å². The van der Waals surface area contributed by atoms with Gasteiger partial charge in [0.2, 0.25) is 0 Å². The highest BCUT2D eigenvalue weighted by Gasteiger charge is 2.14. The Morgan fingerprint density at radius 1 is 1.21 bits per heavy atom. The lowest BCUT2D eigenvalue weighted by Crippen LogP contribution is -2.28. The number of benzene rings is 1. The zero-order chi connectivity index (χ0) is 9.97. The first-order chi connectivity index (χ1) is 6.79. The van der Waals surface area contributed by atoms with Gasteiger partial charge < -0.3 is 4.90 Å². The number of nitrogens with zero attached hydrogens (tertiary/aromatic N) is 1. The fourth-order valence-electron chi connectivity index (χ4n) is 1.64. The number of carbonyl (C=O) groups excluding carboxylic acids is 1. The van der Waals surface area contributed by atoms with Crippen molar-refractivity contribution in [1.82, 2.24) is 4.90 Å². The van der Waals surface area contributed by atoms with Crippen LogP contribution in [0.2, 0.25) is 0 Å². The molecule has 0 saturated heterocycles. The summed E-state index contributed by atoms with van der Waals surface area (Å²) in [4.78, 5) is 13.6. The van der Waals surface area contributed by atoms with E-state index in [-0.39, 0.29) is 5.91 Å². The number of hydrogen-bond acceptors (Lipinski definition) is 1. The molecule has 0 unspecified atom stereocenters. The second-order valence-corrected chi connectivity index (χ2v) is 3.52. The molecule has 0 fully saturated rings. The summed E-state index contributed by atoms with van der Waals surface area (Å²) in [6.07, 6.45) is 5.01. The van der Waals surface area contributed by atoms with Crippen molar-refractivity contribution < 1.29 is 4.79 Å². The van der Waals surface area contributed by atoms with Gasteiger partial charge in [-0.1, -0.05) is 30.4 Å². The SMILES string of the molecule is CN1C/C=C\Cc2ccccc2C1=O. The normalized spacial score (nSPS) is 18.4. The summed E-state index contributed by atoms with van der Waals surface area (Å²) < 4.78 is 0. The van der Waals surface area contributed by atoms with Gasteiger partial charge in [-0.2, -0.15) is 0 Å². The van der Waals surface area contributed by atoms with Gasteiger partial charge in [0.1, 0.15) is 0 Å². The average molecular weight is 187 g/mol. The predicted octanol–water partition coefficient (Wildman–Crippen LogP) is 1.87. The first-order valence-corrected chi connectivity index (χ1v) is 4.77. The van der Waals surface area contributed by atoms with Gasteiger partial charge in [0.05, 0.1) is 0 Å². The second-order valence-electron chi connectivity index (χ2n) is 3.52. The average Bonchev–Trinajstić information content (AvgIpc) is 2.22. The third-order valence-electron chi connectivity index (χ3n) is 2.48. The minimum Gasteiger partial charge on any atom is -0.338 e. The molecule has 1 aromatic rings. The van der Waals surface area contributed by atoms with Crippen LogP contribution < -0.4 is 0 Å². The molecule has 14 heavy (non-hydrogen) atoms. The maximum absolute atomic E-state index is 11.9. The van der Waals surface area contributed by atoms with E-state index >= 15 is 0 Å². The highest BCUT2D eigenvalue weighted by atomic mass is 16.2. The minimum absolute atomic E-state index is 0.116. The monoisotopic (exact) mass is 187 g/mol. The molecule has 0 N–H and O–H groups in total. The Bertz CT molecular complexity index is 382. The molecule has 0 saturated carbocycles. The number of amides is 1. The molecule has 72 valence electrons. The van der Waals surface area contributed by atoms with Crippen molar-refractivity contribution in [3.8, 4) is 0 Å². The molecule has 0 radical (unpaired) electrons. The van der Waals surface area contributed by atoms with Gasteiger partial charge in [-0.05, 0) is 18.1 Å². The Labute approximate surface area is 83.8 Å². The molecule has 0 aromatic heterocycles. The smallest absolute Gasteiger partial charge is 0.254 e. The largest absolute Gasteiger partial charge is 0.338 e. The molecule has 0 atom stereocenters. The van der Waals surface area contributed by atoms with Crippen molar-refractivity contribution in [1.29, 1.82) is 0 Å². The Hall–Kier alpha value is -1.57. The Morgan fingerprint density at radius 2 is 2.00 bits per heavy atom. The van der Waals surface area contributed by atoms with Crippen molar-refractivity contribution in [2.24, 2.45) is 0 Å². The third kappa shape index (κ3) is 1.55. The van der Waals surface area contributed by atoms with Crippen LogP contribution in [0, 0.1) is 0 Å². The number of rotatable bonds is 0. The molecular formula is C12H13NO. The van der Waals surface area contributed by atoms with E-state index in [0.717, 1.165) is 17.5 Å². The van der Waals surface area contributed by atoms with Crippen LogP contribution in [0.25, 0.3) is 0 Å². The summed E-state index contributed by atoms with van der Waals surface area (Å²) in [7, 11) is 1.83. The first-order valence-electron chi connectivity index (χ1n) is 4.77. The van der Waals surface area contributed by atoms with Gasteiger partial charge >= 0.3 is 0 Å². The van der Waals surface area contributed by atoms with Gasteiger partial charge in [0, 0.05) is 19.2 Å². The molecular weight excluding hydrogens is 174 g/mol. The number of carbonyl (C=O) groups is 1. The van der Waals surface area contributed by atoms with Crippen molar-refractivity contribution in [2.75, 3.05) is 13.6 Å². The van der Waals surface area contributed by atoms with Crippen LogP contribution in [0.5, 0.6) is 0 Å². The topological polar surface area (TPSA) is 20.3 Å². The molecule has 1 heterocycles. The summed E-state index contributed by atoms with van der Waals surface area (Å²) in [6, 6.07) is 7.79. The fourth-order valence-corrected chi connectivity index (χ4v) is 1.64. The molecule has 0 spiro atoms. The van der Waals surface area contributed by atoms with Crippen molar-refractivity contribution >= 4 is 5.91 Å². The van der Waals surface area contributed by atoms with Gasteiger partial charge in [0.15, 0.2) is 0 Å². The standard InChI is InChI=1S/C12H13NO/c1-13-9-5-4-7-10-6-2-3-8-11(10)12(13)14/h2-6,8H,7,9H2,1H3/b5-4-. The van der Waals surface area contributed by atoms with E-state index in [0.29, 0.717) is 6.54 Å². The summed E-state index contributed by atoms with van der Waals surface area (Å²) in [5.74, 6) is 0.116. The Balaban J connectivity index is 2.47. The molecule has 1 aliphatic rings. The molecule has 2 heteroatoms. The maximum Gasteiger partial charge on any atom is 0.254 e. The Morgan fingerprint density at radius 3 is 2.86 bits per heavy atom. The van der Waals surface area contributed by atoms with Crippen LogP contribution in [0.15, 0.2) is 36.4 Å². The van der Waals surface area contributed by atoms with Crippen molar-refractivity contribution in [3.05, 3.63) is 47.5 Å². The zero-order valence-electron chi connectivity index (χ0n) is 8.23. The zero-order valence-corrected chi connectivity index (χ0v) is 8.23. The third-order valence-corrected chi connectivity index (χ3v) is 2.48.